The molecule has 0 bridgehead atoms. The number of nitrogens with zero attached hydrogens (tertiary/aromatic N) is 3. The van der Waals surface area contributed by atoms with Gasteiger partial charge in [0.25, 0.3) is 0 Å². The zero-order valence-electron chi connectivity index (χ0n) is 15.0. The van der Waals surface area contributed by atoms with E-state index in [1.165, 1.54) is 0 Å². The van der Waals surface area contributed by atoms with Crippen LogP contribution in [0.4, 0.5) is 0 Å². The van der Waals surface area contributed by atoms with Crippen LogP contribution < -0.4 is 0 Å². The SMILES string of the molecule is O=C1N(C2CCOCC2)CCCC12CCN(CCc1ccccn1)C2. The van der Waals surface area contributed by atoms with Gasteiger partial charge in [0.15, 0.2) is 0 Å². The van der Waals surface area contributed by atoms with Gasteiger partial charge in [-0.05, 0) is 50.8 Å². The van der Waals surface area contributed by atoms with Gasteiger partial charge in [-0.15, -0.1) is 0 Å². The van der Waals surface area contributed by atoms with E-state index in [4.69, 9.17) is 4.74 Å². The minimum atomic E-state index is -0.124. The van der Waals surface area contributed by atoms with Crippen LogP contribution in [0.5, 0.6) is 0 Å². The number of aromatic nitrogens is 1. The molecule has 0 aliphatic carbocycles. The van der Waals surface area contributed by atoms with Crippen molar-refractivity contribution in [1.29, 1.82) is 0 Å². The maximum atomic E-state index is 13.3. The van der Waals surface area contributed by atoms with Crippen LogP contribution in [-0.2, 0) is 16.0 Å². The van der Waals surface area contributed by atoms with Crippen molar-refractivity contribution in [3.8, 4) is 0 Å². The fourth-order valence-electron chi connectivity index (χ4n) is 4.79. The van der Waals surface area contributed by atoms with Gasteiger partial charge in [0, 0.05) is 57.2 Å². The number of ether oxygens (including phenoxy) is 1. The minimum absolute atomic E-state index is 0.124. The molecular formula is C20H29N3O2. The first-order valence-electron chi connectivity index (χ1n) is 9.78. The van der Waals surface area contributed by atoms with Crippen molar-refractivity contribution in [2.75, 3.05) is 39.4 Å². The number of hydrogen-bond acceptors (Lipinski definition) is 4. The fraction of sp³-hybridized carbons (Fsp3) is 0.700. The Bertz CT molecular complexity index is 588. The van der Waals surface area contributed by atoms with Crippen LogP contribution in [0.3, 0.4) is 0 Å². The molecule has 3 saturated heterocycles. The lowest BCUT2D eigenvalue weighted by atomic mass is 9.77. The number of carbonyl (C=O) groups is 1. The summed E-state index contributed by atoms with van der Waals surface area (Å²) in [6.45, 7) is 5.52. The van der Waals surface area contributed by atoms with Crippen molar-refractivity contribution in [2.24, 2.45) is 5.41 Å². The monoisotopic (exact) mass is 343 g/mol. The van der Waals surface area contributed by atoms with Crippen molar-refractivity contribution in [1.82, 2.24) is 14.8 Å². The summed E-state index contributed by atoms with van der Waals surface area (Å²) >= 11 is 0. The molecule has 3 aliphatic heterocycles. The lowest BCUT2D eigenvalue weighted by Gasteiger charge is -2.44. The third kappa shape index (κ3) is 3.58. The lowest BCUT2D eigenvalue weighted by Crippen LogP contribution is -2.54. The molecule has 0 radical (unpaired) electrons. The van der Waals surface area contributed by atoms with Crippen LogP contribution in [0.2, 0.25) is 0 Å². The van der Waals surface area contributed by atoms with E-state index < -0.39 is 0 Å². The number of amides is 1. The number of hydrogen-bond donors (Lipinski definition) is 0. The smallest absolute Gasteiger partial charge is 0.230 e. The van der Waals surface area contributed by atoms with Crippen molar-refractivity contribution in [2.45, 2.75) is 44.6 Å². The highest BCUT2D eigenvalue weighted by Gasteiger charge is 2.49. The van der Waals surface area contributed by atoms with Gasteiger partial charge in [0.2, 0.25) is 5.91 Å². The Hall–Kier alpha value is -1.46. The summed E-state index contributed by atoms with van der Waals surface area (Å²) in [5.41, 5.74) is 1.02. The quantitative estimate of drug-likeness (QED) is 0.840. The van der Waals surface area contributed by atoms with E-state index in [1.807, 2.05) is 18.3 Å². The van der Waals surface area contributed by atoms with Crippen molar-refractivity contribution in [3.05, 3.63) is 30.1 Å². The first kappa shape index (κ1) is 17.0. The van der Waals surface area contributed by atoms with Crippen LogP contribution in [0, 0.1) is 5.41 Å². The molecule has 3 fully saturated rings. The van der Waals surface area contributed by atoms with E-state index in [0.717, 1.165) is 83.6 Å². The van der Waals surface area contributed by atoms with E-state index in [2.05, 4.69) is 20.9 Å². The molecule has 1 aromatic heterocycles. The minimum Gasteiger partial charge on any atom is -0.381 e. The largest absolute Gasteiger partial charge is 0.381 e. The molecule has 4 rings (SSSR count). The van der Waals surface area contributed by atoms with Gasteiger partial charge in [0.1, 0.15) is 0 Å². The zero-order valence-corrected chi connectivity index (χ0v) is 15.0. The van der Waals surface area contributed by atoms with Gasteiger partial charge >= 0.3 is 0 Å². The summed E-state index contributed by atoms with van der Waals surface area (Å²) in [4.78, 5) is 22.4. The molecular weight excluding hydrogens is 314 g/mol. The van der Waals surface area contributed by atoms with Crippen molar-refractivity contribution in [3.63, 3.8) is 0 Å². The first-order chi connectivity index (χ1) is 12.3. The molecule has 25 heavy (non-hydrogen) atoms. The molecule has 0 aromatic carbocycles. The summed E-state index contributed by atoms with van der Waals surface area (Å²) in [5.74, 6) is 0.422. The van der Waals surface area contributed by atoms with E-state index in [-0.39, 0.29) is 5.41 Å². The summed E-state index contributed by atoms with van der Waals surface area (Å²) < 4.78 is 5.48. The summed E-state index contributed by atoms with van der Waals surface area (Å²) in [6, 6.07) is 6.50. The molecule has 4 heterocycles. The van der Waals surface area contributed by atoms with Gasteiger partial charge in [-0.1, -0.05) is 6.07 Å². The maximum absolute atomic E-state index is 13.3. The topological polar surface area (TPSA) is 45.7 Å². The Labute approximate surface area is 150 Å². The van der Waals surface area contributed by atoms with Crippen LogP contribution >= 0.6 is 0 Å². The molecule has 3 aliphatic rings. The standard InChI is InChI=1S/C20H29N3O2/c24-19-20(8-3-11-23(19)18-6-14-25-15-7-18)9-13-22(16-20)12-5-17-4-1-2-10-21-17/h1-2,4,10,18H,3,5-9,11-16H2. The maximum Gasteiger partial charge on any atom is 0.230 e. The fourth-order valence-corrected chi connectivity index (χ4v) is 4.79. The highest BCUT2D eigenvalue weighted by molar-refractivity contribution is 5.84. The molecule has 0 saturated carbocycles. The van der Waals surface area contributed by atoms with Gasteiger partial charge in [-0.2, -0.15) is 0 Å². The second kappa shape index (κ2) is 7.42. The average molecular weight is 343 g/mol. The van der Waals surface area contributed by atoms with Gasteiger partial charge < -0.3 is 14.5 Å². The zero-order chi connectivity index (χ0) is 17.1. The number of piperidine rings is 1. The van der Waals surface area contributed by atoms with Crippen LogP contribution in [0.1, 0.15) is 37.8 Å². The molecule has 1 atom stereocenters. The van der Waals surface area contributed by atoms with E-state index >= 15 is 0 Å². The van der Waals surface area contributed by atoms with Crippen molar-refractivity contribution < 1.29 is 9.53 Å². The molecule has 5 heteroatoms. The molecule has 136 valence electrons. The average Bonchev–Trinajstić information content (AvgIpc) is 3.08. The van der Waals surface area contributed by atoms with Crippen LogP contribution in [-0.4, -0.2) is 66.1 Å². The van der Waals surface area contributed by atoms with E-state index in [1.54, 1.807) is 0 Å². The number of carbonyl (C=O) groups excluding carboxylic acids is 1. The predicted octanol–water partition coefficient (Wildman–Crippen LogP) is 2.12. The Balaban J connectivity index is 1.37. The lowest BCUT2D eigenvalue weighted by molar-refractivity contribution is -0.150. The Morgan fingerprint density at radius 1 is 1.20 bits per heavy atom. The molecule has 0 N–H and O–H groups in total. The molecule has 1 amide bonds. The molecule has 1 unspecified atom stereocenters. The van der Waals surface area contributed by atoms with Gasteiger partial charge in [0.05, 0.1) is 5.41 Å². The Kier molecular flexibility index (Phi) is 5.04. The van der Waals surface area contributed by atoms with Gasteiger partial charge in [-0.25, -0.2) is 0 Å². The summed E-state index contributed by atoms with van der Waals surface area (Å²) in [6.07, 6.45) is 8.07. The van der Waals surface area contributed by atoms with E-state index in [9.17, 15) is 4.79 Å². The molecule has 5 nitrogen and oxygen atoms in total. The Morgan fingerprint density at radius 2 is 2.08 bits per heavy atom. The second-order valence-electron chi connectivity index (χ2n) is 7.82. The first-order valence-corrected chi connectivity index (χ1v) is 9.78. The number of pyridine rings is 1. The molecule has 1 aromatic rings. The predicted molar refractivity (Wildman–Crippen MR) is 96.2 cm³/mol. The third-order valence-electron chi connectivity index (χ3n) is 6.24. The summed E-state index contributed by atoms with van der Waals surface area (Å²) in [5, 5.41) is 0. The molecule has 1 spiro atoms. The van der Waals surface area contributed by atoms with Crippen molar-refractivity contribution >= 4 is 5.91 Å². The van der Waals surface area contributed by atoms with Crippen LogP contribution in [0.25, 0.3) is 0 Å². The third-order valence-corrected chi connectivity index (χ3v) is 6.24. The number of rotatable bonds is 4. The normalized spacial score (nSPS) is 28.8. The Morgan fingerprint density at radius 3 is 2.88 bits per heavy atom. The number of likely N-dealkylation sites (tertiary alicyclic amines) is 2. The second-order valence-corrected chi connectivity index (χ2v) is 7.82. The summed E-state index contributed by atoms with van der Waals surface area (Å²) in [7, 11) is 0. The van der Waals surface area contributed by atoms with E-state index in [0.29, 0.717) is 11.9 Å². The highest BCUT2D eigenvalue weighted by Crippen LogP contribution is 2.41. The van der Waals surface area contributed by atoms with Gasteiger partial charge in [-0.3, -0.25) is 9.78 Å². The van der Waals surface area contributed by atoms with Crippen LogP contribution in [0.15, 0.2) is 24.4 Å². The highest BCUT2D eigenvalue weighted by atomic mass is 16.5.